The van der Waals surface area contributed by atoms with Gasteiger partial charge in [-0.1, -0.05) is 12.1 Å². The number of aliphatic imine (C=N–C) groups is 1. The van der Waals surface area contributed by atoms with Crippen LogP contribution in [0.2, 0.25) is 0 Å². The van der Waals surface area contributed by atoms with Gasteiger partial charge in [-0.3, -0.25) is 9.89 Å². The van der Waals surface area contributed by atoms with Crippen LogP contribution >= 0.6 is 0 Å². The lowest BCUT2D eigenvalue weighted by molar-refractivity contribution is -0.00834. The molecule has 0 unspecified atom stereocenters. The van der Waals surface area contributed by atoms with Gasteiger partial charge in [0.05, 0.1) is 13.2 Å². The van der Waals surface area contributed by atoms with E-state index >= 15 is 0 Å². The van der Waals surface area contributed by atoms with E-state index in [0.717, 1.165) is 51.9 Å². The van der Waals surface area contributed by atoms with E-state index in [9.17, 15) is 0 Å². The van der Waals surface area contributed by atoms with Gasteiger partial charge in [-0.2, -0.15) is 0 Å². The molecule has 0 radical (unpaired) electrons. The quantitative estimate of drug-likeness (QED) is 0.609. The van der Waals surface area contributed by atoms with Gasteiger partial charge < -0.3 is 20.3 Å². The molecule has 2 N–H and O–H groups in total. The topological polar surface area (TPSA) is 52.1 Å². The summed E-state index contributed by atoms with van der Waals surface area (Å²) in [7, 11) is 4.01. The summed E-state index contributed by atoms with van der Waals surface area (Å²) in [6, 6.07) is 6.81. The maximum atomic E-state index is 5.47. The molecule has 0 saturated carbocycles. The third-order valence-electron chi connectivity index (χ3n) is 5.73. The Morgan fingerprint density at radius 1 is 1.19 bits per heavy atom. The molecule has 0 amide bonds. The number of rotatable bonds is 5. The molecule has 0 aromatic heterocycles. The molecule has 1 saturated heterocycles. The molecule has 2 aliphatic rings. The normalized spacial score (nSPS) is 19.0. The first-order valence-electron chi connectivity index (χ1n) is 10.1. The van der Waals surface area contributed by atoms with Crippen molar-refractivity contribution < 1.29 is 4.74 Å². The van der Waals surface area contributed by atoms with Gasteiger partial charge in [0.2, 0.25) is 0 Å². The molecule has 2 heterocycles. The molecule has 3 rings (SSSR count). The summed E-state index contributed by atoms with van der Waals surface area (Å²) < 4.78 is 5.47. The summed E-state index contributed by atoms with van der Waals surface area (Å²) in [5, 5.41) is 6.96. The minimum atomic E-state index is 0.0673. The number of nitrogens with zero attached hydrogens (tertiary/aromatic N) is 3. The van der Waals surface area contributed by atoms with Crippen molar-refractivity contribution in [3.05, 3.63) is 29.3 Å². The molecule has 1 aromatic carbocycles. The van der Waals surface area contributed by atoms with Crippen LogP contribution in [0.5, 0.6) is 0 Å². The Morgan fingerprint density at radius 2 is 1.96 bits per heavy atom. The van der Waals surface area contributed by atoms with E-state index in [1.807, 2.05) is 7.05 Å². The fourth-order valence-corrected chi connectivity index (χ4v) is 3.94. The molecule has 27 heavy (non-hydrogen) atoms. The van der Waals surface area contributed by atoms with Crippen molar-refractivity contribution in [1.29, 1.82) is 0 Å². The van der Waals surface area contributed by atoms with Crippen LogP contribution < -0.4 is 15.5 Å². The maximum Gasteiger partial charge on any atom is 0.191 e. The lowest BCUT2D eigenvalue weighted by atomic mass is 9.99. The van der Waals surface area contributed by atoms with E-state index in [1.54, 1.807) is 0 Å². The summed E-state index contributed by atoms with van der Waals surface area (Å²) in [6.07, 6.45) is 2.41. The number of benzene rings is 1. The zero-order chi connectivity index (χ0) is 19.3. The molecule has 150 valence electrons. The maximum absolute atomic E-state index is 5.47. The SMILES string of the molecule is CN=C(NCc1ccc2c(c1)CCCN2C)NCC(C)(C)N1CCOCC1. The number of morpholine rings is 1. The molecule has 0 spiro atoms. The van der Waals surface area contributed by atoms with Crippen molar-refractivity contribution in [2.24, 2.45) is 4.99 Å². The second-order valence-corrected chi connectivity index (χ2v) is 8.18. The molecular weight excluding hydrogens is 338 g/mol. The number of hydrogen-bond acceptors (Lipinski definition) is 4. The Kier molecular flexibility index (Phi) is 6.60. The van der Waals surface area contributed by atoms with Crippen molar-refractivity contribution in [2.75, 3.05) is 58.4 Å². The fraction of sp³-hybridized carbons (Fsp3) is 0.667. The highest BCUT2D eigenvalue weighted by Gasteiger charge is 2.28. The first-order valence-corrected chi connectivity index (χ1v) is 10.1. The highest BCUT2D eigenvalue weighted by Crippen LogP contribution is 2.26. The number of ether oxygens (including phenoxy) is 1. The Hall–Kier alpha value is -1.79. The van der Waals surface area contributed by atoms with Crippen molar-refractivity contribution >= 4 is 11.6 Å². The average molecular weight is 374 g/mol. The van der Waals surface area contributed by atoms with Gasteiger partial charge in [0.1, 0.15) is 0 Å². The molecular formula is C21H35N5O. The van der Waals surface area contributed by atoms with Crippen LogP contribution in [-0.2, 0) is 17.7 Å². The van der Waals surface area contributed by atoms with Gasteiger partial charge in [-0.05, 0) is 43.9 Å². The van der Waals surface area contributed by atoms with E-state index in [0.29, 0.717) is 0 Å². The number of guanidine groups is 1. The molecule has 6 nitrogen and oxygen atoms in total. The smallest absolute Gasteiger partial charge is 0.191 e. The van der Waals surface area contributed by atoms with E-state index < -0.39 is 0 Å². The zero-order valence-corrected chi connectivity index (χ0v) is 17.3. The largest absolute Gasteiger partial charge is 0.379 e. The predicted octanol–water partition coefficient (Wildman–Crippen LogP) is 1.84. The third-order valence-corrected chi connectivity index (χ3v) is 5.73. The fourth-order valence-electron chi connectivity index (χ4n) is 3.94. The van der Waals surface area contributed by atoms with Gasteiger partial charge in [-0.25, -0.2) is 0 Å². The van der Waals surface area contributed by atoms with Gasteiger partial charge in [0.25, 0.3) is 0 Å². The Balaban J connectivity index is 1.52. The van der Waals surface area contributed by atoms with Crippen LogP contribution in [0.25, 0.3) is 0 Å². The molecule has 1 fully saturated rings. The summed E-state index contributed by atoms with van der Waals surface area (Å²) in [5.41, 5.74) is 4.20. The van der Waals surface area contributed by atoms with Crippen LogP contribution in [0.4, 0.5) is 5.69 Å². The number of anilines is 1. The van der Waals surface area contributed by atoms with E-state index in [2.05, 4.69) is 64.5 Å². The predicted molar refractivity (Wildman–Crippen MR) is 113 cm³/mol. The number of aryl methyl sites for hydroxylation is 1. The van der Waals surface area contributed by atoms with E-state index in [4.69, 9.17) is 4.74 Å². The highest BCUT2D eigenvalue weighted by atomic mass is 16.5. The summed E-state index contributed by atoms with van der Waals surface area (Å²) in [6.45, 7) is 11.0. The highest BCUT2D eigenvalue weighted by molar-refractivity contribution is 5.79. The Morgan fingerprint density at radius 3 is 2.70 bits per heavy atom. The van der Waals surface area contributed by atoms with Crippen LogP contribution in [0.15, 0.2) is 23.2 Å². The second-order valence-electron chi connectivity index (χ2n) is 8.18. The third kappa shape index (κ3) is 5.14. The van der Waals surface area contributed by atoms with Gasteiger partial charge in [0.15, 0.2) is 5.96 Å². The lowest BCUT2D eigenvalue weighted by Crippen LogP contribution is -2.56. The lowest BCUT2D eigenvalue weighted by Gasteiger charge is -2.41. The molecule has 6 heteroatoms. The van der Waals surface area contributed by atoms with Gasteiger partial charge in [-0.15, -0.1) is 0 Å². The van der Waals surface area contributed by atoms with E-state index in [1.165, 1.54) is 29.7 Å². The van der Waals surface area contributed by atoms with Crippen molar-refractivity contribution in [3.63, 3.8) is 0 Å². The molecule has 0 aliphatic carbocycles. The second kappa shape index (κ2) is 8.93. The number of hydrogen-bond donors (Lipinski definition) is 2. The van der Waals surface area contributed by atoms with Crippen LogP contribution in [0.3, 0.4) is 0 Å². The van der Waals surface area contributed by atoms with Crippen molar-refractivity contribution in [1.82, 2.24) is 15.5 Å². The molecule has 2 aliphatic heterocycles. The summed E-state index contributed by atoms with van der Waals surface area (Å²) in [4.78, 5) is 9.23. The number of nitrogens with one attached hydrogen (secondary N) is 2. The molecule has 0 atom stereocenters. The van der Waals surface area contributed by atoms with Crippen LogP contribution in [0.1, 0.15) is 31.4 Å². The van der Waals surface area contributed by atoms with Gasteiger partial charge in [0, 0.05) is 58.0 Å². The van der Waals surface area contributed by atoms with Crippen molar-refractivity contribution in [3.8, 4) is 0 Å². The first kappa shape index (κ1) is 20.0. The Bertz CT molecular complexity index is 652. The van der Waals surface area contributed by atoms with E-state index in [-0.39, 0.29) is 5.54 Å². The molecule has 0 bridgehead atoms. The van der Waals surface area contributed by atoms with Gasteiger partial charge >= 0.3 is 0 Å². The monoisotopic (exact) mass is 373 g/mol. The minimum absolute atomic E-state index is 0.0673. The average Bonchev–Trinajstić information content (AvgIpc) is 2.69. The minimum Gasteiger partial charge on any atom is -0.379 e. The zero-order valence-electron chi connectivity index (χ0n) is 17.3. The standard InChI is InChI=1S/C21H35N5O/c1-21(2,26-10-12-27-13-11-26)16-24-20(22-3)23-15-17-7-8-19-18(14-17)6-5-9-25(19)4/h7-8,14H,5-6,9-13,15-16H2,1-4H3,(H2,22,23,24). The Labute approximate surface area is 164 Å². The molecule has 1 aromatic rings. The van der Waals surface area contributed by atoms with Crippen LogP contribution in [0, 0.1) is 0 Å². The summed E-state index contributed by atoms with van der Waals surface area (Å²) in [5.74, 6) is 0.853. The first-order chi connectivity index (χ1) is 13.0. The summed E-state index contributed by atoms with van der Waals surface area (Å²) >= 11 is 0. The van der Waals surface area contributed by atoms with Crippen LogP contribution in [-0.4, -0.2) is 69.9 Å². The van der Waals surface area contributed by atoms with Crippen molar-refractivity contribution in [2.45, 2.75) is 38.8 Å². The number of fused-ring (bicyclic) bond motifs is 1.